The summed E-state index contributed by atoms with van der Waals surface area (Å²) in [6.45, 7) is 2.11. The standard InChI is InChI=1S/C23H19N3O4S3/c1-14-9-10-18-24-20(32-15-6-3-2-4-7-15)16(21(29)26(18)13-14)12-17-22(30)25(23(31)33-17)11-5-8-19(27)28/h2-4,6-7,9-10,12-13H,5,8,11H2,1H3,(H,27,28). The number of amides is 1. The van der Waals surface area contributed by atoms with Crippen molar-refractivity contribution in [2.75, 3.05) is 6.54 Å². The molecule has 1 amide bonds. The lowest BCUT2D eigenvalue weighted by Crippen LogP contribution is -2.29. The minimum absolute atomic E-state index is 0.0523. The van der Waals surface area contributed by atoms with Gasteiger partial charge in [-0.25, -0.2) is 4.98 Å². The van der Waals surface area contributed by atoms with E-state index in [1.54, 1.807) is 18.3 Å². The number of carbonyl (C=O) groups is 2. The highest BCUT2D eigenvalue weighted by Gasteiger charge is 2.32. The average molecular weight is 498 g/mol. The first-order chi connectivity index (χ1) is 15.8. The second-order valence-corrected chi connectivity index (χ2v) is 10.1. The summed E-state index contributed by atoms with van der Waals surface area (Å²) < 4.78 is 1.82. The lowest BCUT2D eigenvalue weighted by Gasteiger charge is -2.13. The van der Waals surface area contributed by atoms with E-state index in [2.05, 4.69) is 0 Å². The fraction of sp³-hybridized carbons (Fsp3) is 0.174. The topological polar surface area (TPSA) is 92.0 Å². The molecule has 1 fully saturated rings. The number of carbonyl (C=O) groups excluding carboxylic acids is 1. The molecule has 0 unspecified atom stereocenters. The number of carboxylic acids is 1. The number of thioether (sulfide) groups is 1. The molecule has 3 heterocycles. The number of aromatic nitrogens is 2. The van der Waals surface area contributed by atoms with Crippen molar-refractivity contribution in [2.45, 2.75) is 29.7 Å². The van der Waals surface area contributed by atoms with Crippen molar-refractivity contribution in [1.29, 1.82) is 0 Å². The lowest BCUT2D eigenvalue weighted by molar-refractivity contribution is -0.137. The quantitative estimate of drug-likeness (QED) is 0.295. The molecule has 1 saturated heterocycles. The zero-order valence-corrected chi connectivity index (χ0v) is 20.0. The summed E-state index contributed by atoms with van der Waals surface area (Å²) in [6, 6.07) is 13.2. The predicted molar refractivity (Wildman–Crippen MR) is 134 cm³/mol. The lowest BCUT2D eigenvalue weighted by atomic mass is 10.2. The zero-order valence-electron chi connectivity index (χ0n) is 17.6. The molecule has 0 spiro atoms. The maximum Gasteiger partial charge on any atom is 0.303 e. The fourth-order valence-corrected chi connectivity index (χ4v) is 5.45. The molecule has 0 radical (unpaired) electrons. The van der Waals surface area contributed by atoms with Crippen LogP contribution in [0.4, 0.5) is 0 Å². The van der Waals surface area contributed by atoms with Crippen LogP contribution in [0.15, 0.2) is 68.3 Å². The van der Waals surface area contributed by atoms with Crippen LogP contribution in [0.2, 0.25) is 0 Å². The van der Waals surface area contributed by atoms with E-state index in [-0.39, 0.29) is 24.4 Å². The van der Waals surface area contributed by atoms with Gasteiger partial charge in [0, 0.05) is 24.1 Å². The van der Waals surface area contributed by atoms with Gasteiger partial charge < -0.3 is 5.11 Å². The van der Waals surface area contributed by atoms with Crippen molar-refractivity contribution in [3.8, 4) is 0 Å². The largest absolute Gasteiger partial charge is 0.481 e. The molecule has 2 aromatic heterocycles. The van der Waals surface area contributed by atoms with E-state index in [1.807, 2.05) is 43.3 Å². The molecule has 7 nitrogen and oxygen atoms in total. The fourth-order valence-electron chi connectivity index (χ4n) is 3.25. The molecule has 3 aromatic rings. The summed E-state index contributed by atoms with van der Waals surface area (Å²) in [7, 11) is 0. The number of benzene rings is 1. The zero-order chi connectivity index (χ0) is 23.5. The van der Waals surface area contributed by atoms with E-state index in [4.69, 9.17) is 22.3 Å². The monoisotopic (exact) mass is 497 g/mol. The van der Waals surface area contributed by atoms with Gasteiger partial charge >= 0.3 is 5.97 Å². The number of aryl methyl sites for hydroxylation is 1. The highest BCUT2D eigenvalue weighted by atomic mass is 32.2. The van der Waals surface area contributed by atoms with Crippen LogP contribution in [0.3, 0.4) is 0 Å². The SMILES string of the molecule is Cc1ccc2nc(Sc3ccccc3)c(C=C3SC(=S)N(CCCC(=O)O)C3=O)c(=O)n2c1. The number of nitrogens with zero attached hydrogens (tertiary/aromatic N) is 3. The Morgan fingerprint density at radius 3 is 2.70 bits per heavy atom. The van der Waals surface area contributed by atoms with Crippen LogP contribution in [0.1, 0.15) is 24.0 Å². The van der Waals surface area contributed by atoms with Crippen molar-refractivity contribution < 1.29 is 14.7 Å². The Labute approximate surface area is 203 Å². The summed E-state index contributed by atoms with van der Waals surface area (Å²) >= 11 is 7.78. The molecule has 1 aliphatic rings. The van der Waals surface area contributed by atoms with Gasteiger partial charge in [0.1, 0.15) is 15.0 Å². The van der Waals surface area contributed by atoms with E-state index >= 15 is 0 Å². The molecule has 10 heteroatoms. The number of hydrogen-bond donors (Lipinski definition) is 1. The summed E-state index contributed by atoms with van der Waals surface area (Å²) in [4.78, 5) is 44.5. The Bertz CT molecular complexity index is 1350. The molecular formula is C23H19N3O4S3. The number of fused-ring (bicyclic) bond motifs is 1. The number of pyridine rings is 1. The molecule has 168 valence electrons. The molecule has 1 aromatic carbocycles. The van der Waals surface area contributed by atoms with Gasteiger partial charge in [-0.05, 0) is 43.2 Å². The van der Waals surface area contributed by atoms with E-state index < -0.39 is 5.97 Å². The molecule has 0 bridgehead atoms. The highest BCUT2D eigenvalue weighted by molar-refractivity contribution is 8.26. The van der Waals surface area contributed by atoms with E-state index in [1.165, 1.54) is 21.1 Å². The molecule has 1 aliphatic heterocycles. The smallest absolute Gasteiger partial charge is 0.303 e. The van der Waals surface area contributed by atoms with E-state index in [0.29, 0.717) is 31.9 Å². The number of rotatable bonds is 7. The molecule has 0 aliphatic carbocycles. The Balaban J connectivity index is 1.76. The third-order valence-electron chi connectivity index (χ3n) is 4.85. The van der Waals surface area contributed by atoms with Gasteiger partial charge in [0.15, 0.2) is 0 Å². The third-order valence-corrected chi connectivity index (χ3v) is 7.24. The van der Waals surface area contributed by atoms with Crippen LogP contribution in [0.25, 0.3) is 11.7 Å². The van der Waals surface area contributed by atoms with Gasteiger partial charge in [-0.3, -0.25) is 23.7 Å². The van der Waals surface area contributed by atoms with Gasteiger partial charge in [-0.1, -0.05) is 60.0 Å². The highest BCUT2D eigenvalue weighted by Crippen LogP contribution is 2.35. The van der Waals surface area contributed by atoms with E-state index in [0.717, 1.165) is 22.2 Å². The molecule has 0 atom stereocenters. The van der Waals surface area contributed by atoms with Crippen LogP contribution >= 0.6 is 35.7 Å². The first kappa shape index (κ1) is 23.2. The summed E-state index contributed by atoms with van der Waals surface area (Å²) in [6.07, 6.45) is 3.51. The first-order valence-electron chi connectivity index (χ1n) is 10.1. The average Bonchev–Trinajstić information content (AvgIpc) is 3.05. The van der Waals surface area contributed by atoms with Gasteiger partial charge in [0.2, 0.25) is 0 Å². The summed E-state index contributed by atoms with van der Waals surface area (Å²) in [5.41, 5.74) is 1.45. The van der Waals surface area contributed by atoms with Crippen molar-refractivity contribution in [2.24, 2.45) is 0 Å². The van der Waals surface area contributed by atoms with E-state index in [9.17, 15) is 14.4 Å². The molecule has 0 saturated carbocycles. The Morgan fingerprint density at radius 2 is 1.97 bits per heavy atom. The number of thiocarbonyl (C=S) groups is 1. The summed E-state index contributed by atoms with van der Waals surface area (Å²) in [5.74, 6) is -1.26. The maximum absolute atomic E-state index is 13.4. The van der Waals surface area contributed by atoms with Crippen molar-refractivity contribution in [3.63, 3.8) is 0 Å². The number of hydrogen-bond acceptors (Lipinski definition) is 7. The van der Waals surface area contributed by atoms with Crippen LogP contribution in [-0.2, 0) is 9.59 Å². The summed E-state index contributed by atoms with van der Waals surface area (Å²) in [5, 5.41) is 9.35. The Morgan fingerprint density at radius 1 is 1.21 bits per heavy atom. The van der Waals surface area contributed by atoms with Crippen LogP contribution < -0.4 is 5.56 Å². The van der Waals surface area contributed by atoms with Crippen LogP contribution in [0, 0.1) is 6.92 Å². The minimum atomic E-state index is -0.927. The van der Waals surface area contributed by atoms with Crippen LogP contribution in [0.5, 0.6) is 0 Å². The molecule has 4 rings (SSSR count). The molecular weight excluding hydrogens is 478 g/mol. The van der Waals surface area contributed by atoms with Crippen molar-refractivity contribution in [3.05, 3.63) is 75.0 Å². The molecule has 33 heavy (non-hydrogen) atoms. The van der Waals surface area contributed by atoms with Crippen LogP contribution in [-0.4, -0.2) is 42.1 Å². The molecule has 1 N–H and O–H groups in total. The first-order valence-corrected chi connectivity index (χ1v) is 12.1. The number of carboxylic acid groups (broad SMARTS) is 1. The minimum Gasteiger partial charge on any atom is -0.481 e. The van der Waals surface area contributed by atoms with Gasteiger partial charge in [-0.15, -0.1) is 0 Å². The van der Waals surface area contributed by atoms with Gasteiger partial charge in [0.25, 0.3) is 11.5 Å². The number of aliphatic carboxylic acids is 1. The van der Waals surface area contributed by atoms with Gasteiger partial charge in [-0.2, -0.15) is 0 Å². The maximum atomic E-state index is 13.4. The normalized spacial score (nSPS) is 15.1. The second kappa shape index (κ2) is 9.90. The Kier molecular flexibility index (Phi) is 6.96. The van der Waals surface area contributed by atoms with Crippen molar-refractivity contribution in [1.82, 2.24) is 14.3 Å². The Hall–Kier alpha value is -2.95. The second-order valence-electron chi connectivity index (χ2n) is 7.32. The predicted octanol–water partition coefficient (Wildman–Crippen LogP) is 4.22. The van der Waals surface area contributed by atoms with Gasteiger partial charge in [0.05, 0.1) is 10.5 Å². The van der Waals surface area contributed by atoms with Crippen molar-refractivity contribution >= 4 is 63.7 Å². The third kappa shape index (κ3) is 5.18.